The van der Waals surface area contributed by atoms with Gasteiger partial charge >= 0.3 is 0 Å². The molecule has 23 heavy (non-hydrogen) atoms. The Kier molecular flexibility index (Phi) is 4.41. The van der Waals surface area contributed by atoms with Crippen molar-refractivity contribution in [3.8, 4) is 5.75 Å². The number of pyridine rings is 1. The van der Waals surface area contributed by atoms with E-state index in [2.05, 4.69) is 15.6 Å². The van der Waals surface area contributed by atoms with Gasteiger partial charge in [0.05, 0.1) is 12.7 Å². The van der Waals surface area contributed by atoms with Crippen molar-refractivity contribution in [2.24, 2.45) is 0 Å². The lowest BCUT2D eigenvalue weighted by atomic mass is 10.2. The molecule has 1 amide bonds. The van der Waals surface area contributed by atoms with Crippen LogP contribution in [0.1, 0.15) is 28.8 Å². The summed E-state index contributed by atoms with van der Waals surface area (Å²) in [5.41, 5.74) is 1.29. The number of nitrogens with zero attached hydrogens (tertiary/aromatic N) is 1. The highest BCUT2D eigenvalue weighted by molar-refractivity contribution is 5.94. The number of rotatable bonds is 6. The summed E-state index contributed by atoms with van der Waals surface area (Å²) in [6, 6.07) is 8.30. The van der Waals surface area contributed by atoms with Gasteiger partial charge in [0.1, 0.15) is 17.4 Å². The van der Waals surface area contributed by atoms with Gasteiger partial charge in [-0.25, -0.2) is 9.37 Å². The molecule has 0 unspecified atom stereocenters. The summed E-state index contributed by atoms with van der Waals surface area (Å²) in [4.78, 5) is 16.1. The number of nitrogens with one attached hydrogen (secondary N) is 2. The predicted octanol–water partition coefficient (Wildman–Crippen LogP) is 2.73. The predicted molar refractivity (Wildman–Crippen MR) is 85.0 cm³/mol. The fourth-order valence-corrected chi connectivity index (χ4v) is 2.16. The summed E-state index contributed by atoms with van der Waals surface area (Å²) in [5.74, 6) is 0.653. The lowest BCUT2D eigenvalue weighted by Crippen LogP contribution is -2.25. The molecule has 0 bridgehead atoms. The van der Waals surface area contributed by atoms with Crippen molar-refractivity contribution in [3.05, 3.63) is 53.5 Å². The molecule has 1 aliphatic rings. The largest absolute Gasteiger partial charge is 0.497 e. The maximum Gasteiger partial charge on any atom is 0.253 e. The van der Waals surface area contributed by atoms with Gasteiger partial charge in [-0.2, -0.15) is 0 Å². The zero-order chi connectivity index (χ0) is 16.2. The third kappa shape index (κ3) is 4.18. The fourth-order valence-electron chi connectivity index (χ4n) is 2.16. The number of anilines is 1. The number of hydrogen-bond acceptors (Lipinski definition) is 4. The minimum Gasteiger partial charge on any atom is -0.497 e. The molecule has 3 rings (SSSR count). The Morgan fingerprint density at radius 3 is 2.83 bits per heavy atom. The Hall–Kier alpha value is -2.63. The maximum absolute atomic E-state index is 13.4. The zero-order valence-corrected chi connectivity index (χ0v) is 12.8. The molecule has 120 valence electrons. The number of hydrogen-bond donors (Lipinski definition) is 2. The van der Waals surface area contributed by atoms with Crippen LogP contribution in [0.3, 0.4) is 0 Å². The van der Waals surface area contributed by atoms with Crippen LogP contribution in [0.5, 0.6) is 5.75 Å². The van der Waals surface area contributed by atoms with Gasteiger partial charge in [0.25, 0.3) is 5.91 Å². The van der Waals surface area contributed by atoms with Gasteiger partial charge in [-0.15, -0.1) is 0 Å². The first-order valence-electron chi connectivity index (χ1n) is 7.48. The molecule has 5 nitrogen and oxygen atoms in total. The van der Waals surface area contributed by atoms with E-state index in [1.807, 2.05) is 0 Å². The quantitative estimate of drug-likeness (QED) is 0.860. The highest BCUT2D eigenvalue weighted by atomic mass is 19.1. The van der Waals surface area contributed by atoms with E-state index in [0.717, 1.165) is 18.4 Å². The third-order valence-electron chi connectivity index (χ3n) is 3.58. The van der Waals surface area contributed by atoms with Crippen LogP contribution >= 0.6 is 0 Å². The molecule has 1 fully saturated rings. The minimum atomic E-state index is -0.346. The number of halogens is 1. The van der Waals surface area contributed by atoms with Crippen LogP contribution in [-0.4, -0.2) is 24.0 Å². The summed E-state index contributed by atoms with van der Waals surface area (Å²) in [6.45, 7) is 0.411. The summed E-state index contributed by atoms with van der Waals surface area (Å²) >= 11 is 0. The standard InChI is InChI=1S/C17H18FN3O2/c1-23-15-7-11(6-13(18)8-15)9-19-16-5-2-12(10-20-16)17(22)21-14-3-4-14/h2,5-8,10,14H,3-4,9H2,1H3,(H,19,20)(H,21,22). The summed E-state index contributed by atoms with van der Waals surface area (Å²) in [5, 5.41) is 6.01. The van der Waals surface area contributed by atoms with Crippen LogP contribution in [0, 0.1) is 5.82 Å². The summed E-state index contributed by atoms with van der Waals surface area (Å²) in [6.07, 6.45) is 3.64. The molecule has 1 saturated carbocycles. The first-order valence-corrected chi connectivity index (χ1v) is 7.48. The van der Waals surface area contributed by atoms with E-state index in [1.165, 1.54) is 25.4 Å². The number of aromatic nitrogens is 1. The lowest BCUT2D eigenvalue weighted by Gasteiger charge is -2.08. The number of methoxy groups -OCH3 is 1. The molecule has 1 aromatic heterocycles. The van der Waals surface area contributed by atoms with E-state index in [4.69, 9.17) is 4.74 Å². The average molecular weight is 315 g/mol. The molecular formula is C17H18FN3O2. The van der Waals surface area contributed by atoms with Crippen LogP contribution in [0.25, 0.3) is 0 Å². The van der Waals surface area contributed by atoms with E-state index in [0.29, 0.717) is 29.7 Å². The van der Waals surface area contributed by atoms with E-state index in [1.54, 1.807) is 18.2 Å². The second-order valence-corrected chi connectivity index (χ2v) is 5.53. The SMILES string of the molecule is COc1cc(F)cc(CNc2ccc(C(=O)NC3CC3)cn2)c1. The third-order valence-corrected chi connectivity index (χ3v) is 3.58. The topological polar surface area (TPSA) is 63.2 Å². The van der Waals surface area contributed by atoms with Crippen molar-refractivity contribution >= 4 is 11.7 Å². The van der Waals surface area contributed by atoms with Crippen molar-refractivity contribution in [1.29, 1.82) is 0 Å². The Morgan fingerprint density at radius 1 is 1.35 bits per heavy atom. The summed E-state index contributed by atoms with van der Waals surface area (Å²) < 4.78 is 18.5. The first-order chi connectivity index (χ1) is 11.1. The zero-order valence-electron chi connectivity index (χ0n) is 12.8. The highest BCUT2D eigenvalue weighted by Crippen LogP contribution is 2.20. The van der Waals surface area contributed by atoms with Crippen LogP contribution < -0.4 is 15.4 Å². The molecule has 2 N–H and O–H groups in total. The van der Waals surface area contributed by atoms with Crippen LogP contribution in [0.4, 0.5) is 10.2 Å². The van der Waals surface area contributed by atoms with Gasteiger partial charge < -0.3 is 15.4 Å². The molecule has 0 aliphatic heterocycles. The molecule has 0 atom stereocenters. The summed E-state index contributed by atoms with van der Waals surface area (Å²) in [7, 11) is 1.50. The Morgan fingerprint density at radius 2 is 2.17 bits per heavy atom. The lowest BCUT2D eigenvalue weighted by molar-refractivity contribution is 0.0950. The van der Waals surface area contributed by atoms with Gasteiger partial charge in [-0.3, -0.25) is 4.79 Å². The Balaban J connectivity index is 1.59. The molecule has 0 spiro atoms. The molecule has 0 saturated heterocycles. The molecular weight excluding hydrogens is 297 g/mol. The van der Waals surface area contributed by atoms with Crippen LogP contribution in [0.2, 0.25) is 0 Å². The number of carbonyl (C=O) groups is 1. The molecule has 1 aliphatic carbocycles. The van der Waals surface area contributed by atoms with Crippen molar-refractivity contribution in [2.45, 2.75) is 25.4 Å². The van der Waals surface area contributed by atoms with Gasteiger partial charge in [0.15, 0.2) is 0 Å². The molecule has 6 heteroatoms. The van der Waals surface area contributed by atoms with E-state index in [-0.39, 0.29) is 11.7 Å². The maximum atomic E-state index is 13.4. The fraction of sp³-hybridized carbons (Fsp3) is 0.294. The number of ether oxygens (including phenoxy) is 1. The smallest absolute Gasteiger partial charge is 0.253 e. The van der Waals surface area contributed by atoms with Gasteiger partial charge in [-0.1, -0.05) is 0 Å². The van der Waals surface area contributed by atoms with E-state index >= 15 is 0 Å². The van der Waals surface area contributed by atoms with Crippen molar-refractivity contribution in [3.63, 3.8) is 0 Å². The average Bonchev–Trinajstić information content (AvgIpc) is 3.36. The Labute approximate surface area is 133 Å². The second-order valence-electron chi connectivity index (χ2n) is 5.53. The molecule has 1 aromatic carbocycles. The van der Waals surface area contributed by atoms with Crippen LogP contribution in [0.15, 0.2) is 36.5 Å². The molecule has 0 radical (unpaired) electrons. The first kappa shape index (κ1) is 15.3. The van der Waals surface area contributed by atoms with E-state index < -0.39 is 0 Å². The number of amides is 1. The van der Waals surface area contributed by atoms with Crippen molar-refractivity contribution < 1.29 is 13.9 Å². The molecule has 2 aromatic rings. The second kappa shape index (κ2) is 6.64. The van der Waals surface area contributed by atoms with Crippen molar-refractivity contribution in [2.75, 3.05) is 12.4 Å². The van der Waals surface area contributed by atoms with Gasteiger partial charge in [-0.05, 0) is 42.7 Å². The van der Waals surface area contributed by atoms with Crippen LogP contribution in [-0.2, 0) is 6.54 Å². The number of carbonyl (C=O) groups excluding carboxylic acids is 1. The highest BCUT2D eigenvalue weighted by Gasteiger charge is 2.23. The monoisotopic (exact) mass is 315 g/mol. The minimum absolute atomic E-state index is 0.0959. The molecule has 1 heterocycles. The van der Waals surface area contributed by atoms with Gasteiger partial charge in [0, 0.05) is 24.8 Å². The van der Waals surface area contributed by atoms with Gasteiger partial charge in [0.2, 0.25) is 0 Å². The van der Waals surface area contributed by atoms with Crippen molar-refractivity contribution in [1.82, 2.24) is 10.3 Å². The normalized spacial score (nSPS) is 13.5. The van der Waals surface area contributed by atoms with E-state index in [9.17, 15) is 9.18 Å². The Bertz CT molecular complexity index is 699. The number of benzene rings is 1.